The number of anilines is 1. The van der Waals surface area contributed by atoms with Crippen molar-refractivity contribution in [3.8, 4) is 0 Å². The molecule has 18 heavy (non-hydrogen) atoms. The summed E-state index contributed by atoms with van der Waals surface area (Å²) >= 11 is 0. The largest absolute Gasteiger partial charge is 0.363 e. The normalized spacial score (nSPS) is 24.6. The Labute approximate surface area is 110 Å². The van der Waals surface area contributed by atoms with Crippen molar-refractivity contribution in [1.29, 1.82) is 0 Å². The van der Waals surface area contributed by atoms with Crippen LogP contribution in [0.2, 0.25) is 0 Å². The molecule has 4 heteroatoms. The molecule has 2 heterocycles. The van der Waals surface area contributed by atoms with Crippen molar-refractivity contribution < 1.29 is 0 Å². The van der Waals surface area contributed by atoms with Crippen molar-refractivity contribution in [3.05, 3.63) is 18.7 Å². The van der Waals surface area contributed by atoms with Crippen LogP contribution in [-0.4, -0.2) is 35.1 Å². The molecule has 2 unspecified atom stereocenters. The first-order valence-corrected chi connectivity index (χ1v) is 6.97. The smallest absolute Gasteiger partial charge is 0.115 e. The van der Waals surface area contributed by atoms with Crippen LogP contribution >= 0.6 is 0 Å². The van der Waals surface area contributed by atoms with Gasteiger partial charge >= 0.3 is 0 Å². The van der Waals surface area contributed by atoms with Crippen LogP contribution in [0.25, 0.3) is 0 Å². The number of aromatic nitrogens is 2. The minimum Gasteiger partial charge on any atom is -0.363 e. The molecule has 1 aliphatic heterocycles. The van der Waals surface area contributed by atoms with Gasteiger partial charge in [0, 0.05) is 25.2 Å². The SMILES string of the molecule is CCCC1CN(c2cncnc2)C(C(C)C)CN1. The molecule has 0 bridgehead atoms. The van der Waals surface area contributed by atoms with Gasteiger partial charge in [0.1, 0.15) is 6.33 Å². The van der Waals surface area contributed by atoms with E-state index >= 15 is 0 Å². The average molecular weight is 248 g/mol. The van der Waals surface area contributed by atoms with Gasteiger partial charge in [-0.2, -0.15) is 0 Å². The molecule has 1 saturated heterocycles. The second-order valence-corrected chi connectivity index (χ2v) is 5.45. The van der Waals surface area contributed by atoms with Crippen LogP contribution in [0.3, 0.4) is 0 Å². The molecule has 0 saturated carbocycles. The van der Waals surface area contributed by atoms with Crippen molar-refractivity contribution in [1.82, 2.24) is 15.3 Å². The summed E-state index contributed by atoms with van der Waals surface area (Å²) in [5.74, 6) is 0.625. The maximum Gasteiger partial charge on any atom is 0.115 e. The lowest BCUT2D eigenvalue weighted by Crippen LogP contribution is -2.58. The summed E-state index contributed by atoms with van der Waals surface area (Å²) in [7, 11) is 0. The highest BCUT2D eigenvalue weighted by Gasteiger charge is 2.29. The minimum atomic E-state index is 0.532. The highest BCUT2D eigenvalue weighted by atomic mass is 15.2. The molecule has 4 nitrogen and oxygen atoms in total. The van der Waals surface area contributed by atoms with Crippen LogP contribution in [-0.2, 0) is 0 Å². The van der Waals surface area contributed by atoms with Gasteiger partial charge in [0.2, 0.25) is 0 Å². The van der Waals surface area contributed by atoms with Crippen LogP contribution < -0.4 is 10.2 Å². The van der Waals surface area contributed by atoms with E-state index in [1.807, 2.05) is 12.4 Å². The van der Waals surface area contributed by atoms with E-state index in [1.54, 1.807) is 6.33 Å². The fraction of sp³-hybridized carbons (Fsp3) is 0.714. The van der Waals surface area contributed by atoms with E-state index in [2.05, 4.69) is 41.0 Å². The molecule has 0 radical (unpaired) electrons. The van der Waals surface area contributed by atoms with Gasteiger partial charge in [-0.05, 0) is 12.3 Å². The summed E-state index contributed by atoms with van der Waals surface area (Å²) in [6.07, 6.45) is 7.91. The summed E-state index contributed by atoms with van der Waals surface area (Å²) in [5, 5.41) is 3.67. The second kappa shape index (κ2) is 6.14. The molecule has 1 N–H and O–H groups in total. The summed E-state index contributed by atoms with van der Waals surface area (Å²) in [5.41, 5.74) is 1.15. The van der Waals surface area contributed by atoms with Crippen molar-refractivity contribution >= 4 is 5.69 Å². The molecule has 100 valence electrons. The Balaban J connectivity index is 2.15. The number of hydrogen-bond acceptors (Lipinski definition) is 4. The monoisotopic (exact) mass is 248 g/mol. The molecular weight excluding hydrogens is 224 g/mol. The van der Waals surface area contributed by atoms with Crippen LogP contribution in [0.5, 0.6) is 0 Å². The van der Waals surface area contributed by atoms with Crippen molar-refractivity contribution in [2.45, 2.75) is 45.7 Å². The Morgan fingerprint density at radius 1 is 1.39 bits per heavy atom. The first-order chi connectivity index (χ1) is 8.72. The molecule has 2 rings (SSSR count). The third kappa shape index (κ3) is 2.99. The summed E-state index contributed by atoms with van der Waals surface area (Å²) < 4.78 is 0. The van der Waals surface area contributed by atoms with E-state index in [4.69, 9.17) is 0 Å². The molecule has 2 atom stereocenters. The number of nitrogens with one attached hydrogen (secondary N) is 1. The number of piperazine rings is 1. The number of rotatable bonds is 4. The zero-order chi connectivity index (χ0) is 13.0. The van der Waals surface area contributed by atoms with Crippen LogP contribution in [0, 0.1) is 5.92 Å². The van der Waals surface area contributed by atoms with Crippen LogP contribution in [0.4, 0.5) is 5.69 Å². The molecule has 1 aromatic rings. The zero-order valence-corrected chi connectivity index (χ0v) is 11.6. The first kappa shape index (κ1) is 13.3. The maximum absolute atomic E-state index is 4.15. The van der Waals surface area contributed by atoms with Gasteiger partial charge in [0.15, 0.2) is 0 Å². The van der Waals surface area contributed by atoms with Crippen LogP contribution in [0.1, 0.15) is 33.6 Å². The third-order valence-corrected chi connectivity index (χ3v) is 3.72. The molecule has 1 aromatic heterocycles. The average Bonchev–Trinajstić information content (AvgIpc) is 2.40. The lowest BCUT2D eigenvalue weighted by atomic mass is 9.96. The van der Waals surface area contributed by atoms with Gasteiger partial charge in [0.05, 0.1) is 18.1 Å². The highest BCUT2D eigenvalue weighted by Crippen LogP contribution is 2.23. The molecule has 0 aromatic carbocycles. The molecule has 0 aliphatic carbocycles. The van der Waals surface area contributed by atoms with E-state index in [0.29, 0.717) is 18.0 Å². The topological polar surface area (TPSA) is 41.1 Å². The Morgan fingerprint density at radius 2 is 2.11 bits per heavy atom. The Morgan fingerprint density at radius 3 is 2.72 bits per heavy atom. The number of nitrogens with zero attached hydrogens (tertiary/aromatic N) is 3. The van der Waals surface area contributed by atoms with E-state index in [0.717, 1.165) is 18.8 Å². The van der Waals surface area contributed by atoms with Crippen molar-refractivity contribution in [3.63, 3.8) is 0 Å². The minimum absolute atomic E-state index is 0.532. The third-order valence-electron chi connectivity index (χ3n) is 3.72. The fourth-order valence-electron chi connectivity index (χ4n) is 2.71. The van der Waals surface area contributed by atoms with Gasteiger partial charge in [-0.1, -0.05) is 27.2 Å². The standard InChI is InChI=1S/C14H24N4/c1-4-5-12-9-18(13-6-15-10-16-7-13)14(8-17-12)11(2)3/h6-7,10-12,14,17H,4-5,8-9H2,1-3H3. The molecule has 0 spiro atoms. The zero-order valence-electron chi connectivity index (χ0n) is 11.6. The molecular formula is C14H24N4. The Hall–Kier alpha value is -1.16. The molecule has 1 fully saturated rings. The van der Waals surface area contributed by atoms with Crippen LogP contribution in [0.15, 0.2) is 18.7 Å². The summed E-state index contributed by atoms with van der Waals surface area (Å²) in [6, 6.07) is 1.12. The second-order valence-electron chi connectivity index (χ2n) is 5.45. The molecule has 1 aliphatic rings. The summed E-state index contributed by atoms with van der Waals surface area (Å²) in [4.78, 5) is 10.8. The van der Waals surface area contributed by atoms with Gasteiger partial charge in [0.25, 0.3) is 0 Å². The quantitative estimate of drug-likeness (QED) is 0.885. The fourth-order valence-corrected chi connectivity index (χ4v) is 2.71. The predicted molar refractivity (Wildman–Crippen MR) is 74.7 cm³/mol. The Kier molecular flexibility index (Phi) is 4.53. The van der Waals surface area contributed by atoms with Crippen molar-refractivity contribution in [2.75, 3.05) is 18.0 Å². The van der Waals surface area contributed by atoms with Gasteiger partial charge in [-0.15, -0.1) is 0 Å². The maximum atomic E-state index is 4.15. The number of hydrogen-bond donors (Lipinski definition) is 1. The molecule has 0 amide bonds. The van der Waals surface area contributed by atoms with Crippen molar-refractivity contribution in [2.24, 2.45) is 5.92 Å². The van der Waals surface area contributed by atoms with Gasteiger partial charge < -0.3 is 10.2 Å². The van der Waals surface area contributed by atoms with Gasteiger partial charge in [-0.3, -0.25) is 0 Å². The highest BCUT2D eigenvalue weighted by molar-refractivity contribution is 5.44. The first-order valence-electron chi connectivity index (χ1n) is 6.97. The van der Waals surface area contributed by atoms with E-state index in [1.165, 1.54) is 12.8 Å². The lowest BCUT2D eigenvalue weighted by Gasteiger charge is -2.43. The van der Waals surface area contributed by atoms with E-state index < -0.39 is 0 Å². The van der Waals surface area contributed by atoms with E-state index in [9.17, 15) is 0 Å². The lowest BCUT2D eigenvalue weighted by molar-refractivity contribution is 0.327. The van der Waals surface area contributed by atoms with E-state index in [-0.39, 0.29) is 0 Å². The van der Waals surface area contributed by atoms with Gasteiger partial charge in [-0.25, -0.2) is 9.97 Å². The summed E-state index contributed by atoms with van der Waals surface area (Å²) in [6.45, 7) is 8.92. The predicted octanol–water partition coefficient (Wildman–Crippen LogP) is 2.08. The Bertz CT molecular complexity index is 352.